The van der Waals surface area contributed by atoms with Crippen molar-refractivity contribution in [1.82, 2.24) is 10.6 Å². The monoisotopic (exact) mass is 326 g/mol. The molecular formula is C14H19BrN2O2. The summed E-state index contributed by atoms with van der Waals surface area (Å²) in [5.74, 6) is 0.985. The number of nitrogens with one attached hydrogen (secondary N) is 2. The van der Waals surface area contributed by atoms with Crippen molar-refractivity contribution in [2.45, 2.75) is 31.8 Å². The smallest absolute Gasteiger partial charge is 0.220 e. The van der Waals surface area contributed by atoms with Gasteiger partial charge in [0.25, 0.3) is 0 Å². The van der Waals surface area contributed by atoms with E-state index in [2.05, 4.69) is 45.6 Å². The predicted molar refractivity (Wildman–Crippen MR) is 78.3 cm³/mol. The molecule has 2 N–H and O–H groups in total. The molecule has 0 bridgehead atoms. The van der Waals surface area contributed by atoms with Gasteiger partial charge in [-0.25, -0.2) is 0 Å². The van der Waals surface area contributed by atoms with E-state index in [1.165, 1.54) is 5.56 Å². The quantitative estimate of drug-likeness (QED) is 0.893. The highest BCUT2D eigenvalue weighted by Gasteiger charge is 2.20. The first-order valence-electron chi connectivity index (χ1n) is 6.46. The highest BCUT2D eigenvalue weighted by atomic mass is 79.9. The zero-order valence-electron chi connectivity index (χ0n) is 11.2. The van der Waals surface area contributed by atoms with Crippen LogP contribution in [0.25, 0.3) is 0 Å². The Hall–Kier alpha value is -1.07. The summed E-state index contributed by atoms with van der Waals surface area (Å²) in [5, 5.41) is 6.43. The molecule has 1 aromatic carbocycles. The Bertz CT molecular complexity index is 455. The first kappa shape index (κ1) is 14.3. The molecule has 1 aliphatic heterocycles. The van der Waals surface area contributed by atoms with E-state index in [0.717, 1.165) is 16.6 Å². The van der Waals surface area contributed by atoms with Crippen molar-refractivity contribution in [2.75, 3.05) is 13.7 Å². The number of carbonyl (C=O) groups excluding carboxylic acids is 1. The van der Waals surface area contributed by atoms with Crippen LogP contribution in [-0.4, -0.2) is 25.6 Å². The normalized spacial score (nSPS) is 20.8. The predicted octanol–water partition coefficient (Wildman–Crippen LogP) is 2.39. The first-order chi connectivity index (χ1) is 9.10. The first-order valence-corrected chi connectivity index (χ1v) is 7.25. The number of benzene rings is 1. The molecule has 1 aromatic rings. The van der Waals surface area contributed by atoms with E-state index in [-0.39, 0.29) is 11.9 Å². The molecule has 1 aliphatic rings. The van der Waals surface area contributed by atoms with Gasteiger partial charge in [0, 0.05) is 25.0 Å². The number of hydrogen-bond donors (Lipinski definition) is 2. The van der Waals surface area contributed by atoms with Crippen LogP contribution in [0.2, 0.25) is 0 Å². The number of methoxy groups -OCH3 is 1. The Labute approximate surface area is 122 Å². The van der Waals surface area contributed by atoms with Crippen molar-refractivity contribution in [3.63, 3.8) is 0 Å². The van der Waals surface area contributed by atoms with Gasteiger partial charge in [-0.2, -0.15) is 0 Å². The molecule has 0 saturated carbocycles. The lowest BCUT2D eigenvalue weighted by Crippen LogP contribution is -2.46. The fraction of sp³-hybridized carbons (Fsp3) is 0.500. The van der Waals surface area contributed by atoms with Gasteiger partial charge in [-0.05, 0) is 47.0 Å². The van der Waals surface area contributed by atoms with Crippen molar-refractivity contribution in [2.24, 2.45) is 0 Å². The van der Waals surface area contributed by atoms with Gasteiger partial charge < -0.3 is 15.4 Å². The molecule has 5 heteroatoms. The van der Waals surface area contributed by atoms with Gasteiger partial charge >= 0.3 is 0 Å². The van der Waals surface area contributed by atoms with E-state index in [1.54, 1.807) is 7.11 Å². The van der Waals surface area contributed by atoms with Gasteiger partial charge in [0.2, 0.25) is 5.91 Å². The minimum atomic E-state index is 0.151. The second-order valence-corrected chi connectivity index (χ2v) is 5.68. The van der Waals surface area contributed by atoms with E-state index in [4.69, 9.17) is 4.74 Å². The Kier molecular flexibility index (Phi) is 4.82. The number of halogens is 1. The van der Waals surface area contributed by atoms with Crippen LogP contribution in [-0.2, 0) is 4.79 Å². The third kappa shape index (κ3) is 3.70. The zero-order valence-corrected chi connectivity index (χ0v) is 12.8. The average Bonchev–Trinajstić information content (AvgIpc) is 2.41. The number of ether oxygens (including phenoxy) is 1. The third-order valence-electron chi connectivity index (χ3n) is 3.43. The summed E-state index contributed by atoms with van der Waals surface area (Å²) in [7, 11) is 1.66. The average molecular weight is 327 g/mol. The fourth-order valence-electron chi connectivity index (χ4n) is 2.28. The Balaban J connectivity index is 1.97. The summed E-state index contributed by atoms with van der Waals surface area (Å²) in [5.41, 5.74) is 1.20. The SMILES string of the molecule is COc1ccc(C(C)NC2CCC(=O)NC2)cc1Br. The molecule has 1 amide bonds. The summed E-state index contributed by atoms with van der Waals surface area (Å²) in [6, 6.07) is 6.66. The van der Waals surface area contributed by atoms with Crippen molar-refractivity contribution in [1.29, 1.82) is 0 Å². The van der Waals surface area contributed by atoms with Crippen LogP contribution in [0.4, 0.5) is 0 Å². The molecule has 1 saturated heterocycles. The summed E-state index contributed by atoms with van der Waals surface area (Å²) >= 11 is 3.50. The van der Waals surface area contributed by atoms with E-state index in [1.807, 2.05) is 6.07 Å². The van der Waals surface area contributed by atoms with E-state index in [0.29, 0.717) is 19.0 Å². The standard InChI is InChI=1S/C14H19BrN2O2/c1-9(17-11-4-6-14(18)16-8-11)10-3-5-13(19-2)12(15)7-10/h3,5,7,9,11,17H,4,6,8H2,1-2H3,(H,16,18). The number of carbonyl (C=O) groups is 1. The highest BCUT2D eigenvalue weighted by molar-refractivity contribution is 9.10. The molecule has 1 heterocycles. The third-order valence-corrected chi connectivity index (χ3v) is 4.05. The van der Waals surface area contributed by atoms with Crippen molar-refractivity contribution < 1.29 is 9.53 Å². The molecule has 0 aromatic heterocycles. The van der Waals surface area contributed by atoms with Crippen molar-refractivity contribution in [3.8, 4) is 5.75 Å². The minimum absolute atomic E-state index is 0.151. The molecule has 2 atom stereocenters. The molecule has 2 rings (SSSR count). The molecule has 2 unspecified atom stereocenters. The fourth-order valence-corrected chi connectivity index (χ4v) is 2.84. The summed E-state index contributed by atoms with van der Waals surface area (Å²) in [6.07, 6.45) is 1.50. The van der Waals surface area contributed by atoms with E-state index in [9.17, 15) is 4.79 Å². The van der Waals surface area contributed by atoms with Crippen molar-refractivity contribution >= 4 is 21.8 Å². The Morgan fingerprint density at radius 1 is 1.53 bits per heavy atom. The Morgan fingerprint density at radius 3 is 2.89 bits per heavy atom. The molecule has 104 valence electrons. The van der Waals surface area contributed by atoms with Gasteiger partial charge in [-0.3, -0.25) is 4.79 Å². The van der Waals surface area contributed by atoms with Gasteiger partial charge in [0.15, 0.2) is 0 Å². The van der Waals surface area contributed by atoms with Crippen LogP contribution in [0.1, 0.15) is 31.4 Å². The lowest BCUT2D eigenvalue weighted by molar-refractivity contribution is -0.122. The molecule has 4 nitrogen and oxygen atoms in total. The van der Waals surface area contributed by atoms with Gasteiger partial charge in [0.05, 0.1) is 11.6 Å². The van der Waals surface area contributed by atoms with Gasteiger partial charge in [-0.1, -0.05) is 6.07 Å². The number of hydrogen-bond acceptors (Lipinski definition) is 3. The van der Waals surface area contributed by atoms with Crippen LogP contribution >= 0.6 is 15.9 Å². The number of piperidine rings is 1. The molecule has 0 aliphatic carbocycles. The van der Waals surface area contributed by atoms with Crippen LogP contribution in [0, 0.1) is 0 Å². The second kappa shape index (κ2) is 6.39. The topological polar surface area (TPSA) is 50.4 Å². The Morgan fingerprint density at radius 2 is 2.32 bits per heavy atom. The summed E-state index contributed by atoms with van der Waals surface area (Å²) in [6.45, 7) is 2.84. The van der Waals surface area contributed by atoms with Crippen LogP contribution < -0.4 is 15.4 Å². The highest BCUT2D eigenvalue weighted by Crippen LogP contribution is 2.28. The largest absolute Gasteiger partial charge is 0.496 e. The maximum absolute atomic E-state index is 11.1. The van der Waals surface area contributed by atoms with E-state index < -0.39 is 0 Å². The van der Waals surface area contributed by atoms with Crippen LogP contribution in [0.3, 0.4) is 0 Å². The lowest BCUT2D eigenvalue weighted by Gasteiger charge is -2.27. The molecule has 1 fully saturated rings. The van der Waals surface area contributed by atoms with Gasteiger partial charge in [0.1, 0.15) is 5.75 Å². The van der Waals surface area contributed by atoms with Crippen LogP contribution in [0.15, 0.2) is 22.7 Å². The lowest BCUT2D eigenvalue weighted by atomic mass is 10.0. The van der Waals surface area contributed by atoms with Crippen LogP contribution in [0.5, 0.6) is 5.75 Å². The summed E-state index contributed by atoms with van der Waals surface area (Å²) in [4.78, 5) is 11.1. The minimum Gasteiger partial charge on any atom is -0.496 e. The maximum Gasteiger partial charge on any atom is 0.220 e. The molecular weight excluding hydrogens is 308 g/mol. The zero-order chi connectivity index (χ0) is 13.8. The number of amides is 1. The number of rotatable bonds is 4. The molecule has 19 heavy (non-hydrogen) atoms. The summed E-state index contributed by atoms with van der Waals surface area (Å²) < 4.78 is 6.18. The maximum atomic E-state index is 11.1. The molecule has 0 spiro atoms. The molecule has 0 radical (unpaired) electrons. The van der Waals surface area contributed by atoms with Gasteiger partial charge in [-0.15, -0.1) is 0 Å². The second-order valence-electron chi connectivity index (χ2n) is 4.82. The van der Waals surface area contributed by atoms with Crippen molar-refractivity contribution in [3.05, 3.63) is 28.2 Å². The van der Waals surface area contributed by atoms with E-state index >= 15 is 0 Å².